The van der Waals surface area contributed by atoms with Gasteiger partial charge in [0.15, 0.2) is 17.2 Å². The van der Waals surface area contributed by atoms with Gasteiger partial charge in [-0.1, -0.05) is 10.9 Å². The third kappa shape index (κ3) is 3.65. The maximum Gasteiger partial charge on any atom is 0.274 e. The Morgan fingerprint density at radius 3 is 2.50 bits per heavy atom. The summed E-state index contributed by atoms with van der Waals surface area (Å²) in [7, 11) is 6.35. The molecule has 3 heterocycles. The molecule has 10 heteroatoms. The van der Waals surface area contributed by atoms with Gasteiger partial charge in [-0.25, -0.2) is 0 Å². The average molecular weight is 466 g/mol. The van der Waals surface area contributed by atoms with Crippen LogP contribution >= 0.6 is 0 Å². The number of hydrogen-bond donors (Lipinski definition) is 0. The fourth-order valence-electron chi connectivity index (χ4n) is 4.46. The molecule has 10 nitrogen and oxygen atoms in total. The number of aromatic nitrogens is 4. The van der Waals surface area contributed by atoms with Crippen molar-refractivity contribution in [2.45, 2.75) is 25.8 Å². The van der Waals surface area contributed by atoms with Crippen LogP contribution in [-0.4, -0.2) is 40.6 Å². The molecule has 0 radical (unpaired) electrons. The van der Waals surface area contributed by atoms with Crippen molar-refractivity contribution in [2.75, 3.05) is 21.3 Å². The lowest BCUT2D eigenvalue weighted by atomic mass is 10.0. The summed E-state index contributed by atoms with van der Waals surface area (Å²) in [5.41, 5.74) is 3.21. The number of rotatable bonds is 7. The minimum atomic E-state index is -0.00558. The molecule has 4 aromatic rings. The van der Waals surface area contributed by atoms with E-state index in [1.54, 1.807) is 43.3 Å². The van der Waals surface area contributed by atoms with Crippen molar-refractivity contribution in [3.8, 4) is 34.1 Å². The molecule has 0 saturated heterocycles. The van der Waals surface area contributed by atoms with Crippen LogP contribution in [0, 0.1) is 0 Å². The Bertz CT molecular complexity index is 1420. The molecule has 0 atom stereocenters. The highest BCUT2D eigenvalue weighted by atomic mass is 17.2. The number of hydrogen-bond acceptors (Lipinski definition) is 7. The Morgan fingerprint density at radius 1 is 0.941 bits per heavy atom. The molecule has 1 aliphatic rings. The van der Waals surface area contributed by atoms with E-state index in [0.717, 1.165) is 48.0 Å². The Hall–Kier alpha value is -3.92. The maximum absolute atomic E-state index is 13.0. The minimum Gasteiger partial charge on any atom is -0.493 e. The van der Waals surface area contributed by atoms with E-state index in [9.17, 15) is 4.79 Å². The van der Waals surface area contributed by atoms with Crippen LogP contribution in [-0.2, 0) is 24.9 Å². The summed E-state index contributed by atoms with van der Waals surface area (Å²) in [6.45, 7) is 0.855. The van der Waals surface area contributed by atoms with Crippen molar-refractivity contribution >= 4 is 10.9 Å². The van der Waals surface area contributed by atoms with E-state index in [1.165, 1.54) is 12.0 Å². The van der Waals surface area contributed by atoms with Crippen molar-refractivity contribution in [2.24, 2.45) is 7.05 Å². The lowest BCUT2D eigenvalue weighted by molar-refractivity contribution is -0.179. The summed E-state index contributed by atoms with van der Waals surface area (Å²) in [6.07, 6.45) is 4.75. The molecular formula is C24H26N4O6. The monoisotopic (exact) mass is 466 g/mol. The van der Waals surface area contributed by atoms with E-state index in [4.69, 9.17) is 24.1 Å². The summed E-state index contributed by atoms with van der Waals surface area (Å²) in [6, 6.07) is 8.97. The van der Waals surface area contributed by atoms with Crippen LogP contribution < -0.4 is 24.8 Å². The van der Waals surface area contributed by atoms with Gasteiger partial charge in [-0.05, 0) is 43.0 Å². The third-order valence-corrected chi connectivity index (χ3v) is 6.09. The fraction of sp³-hybridized carbons (Fsp3) is 0.333. The van der Waals surface area contributed by atoms with Crippen molar-refractivity contribution < 1.29 is 24.1 Å². The summed E-state index contributed by atoms with van der Waals surface area (Å²) >= 11 is 0. The van der Waals surface area contributed by atoms with E-state index in [1.807, 2.05) is 19.2 Å². The highest BCUT2D eigenvalue weighted by Gasteiger charge is 2.23. The molecule has 0 aliphatic carbocycles. The van der Waals surface area contributed by atoms with Gasteiger partial charge in [0.2, 0.25) is 5.75 Å². The molecule has 0 spiro atoms. The van der Waals surface area contributed by atoms with Gasteiger partial charge in [0, 0.05) is 30.7 Å². The quantitative estimate of drug-likeness (QED) is 0.305. The fourth-order valence-corrected chi connectivity index (χ4v) is 4.46. The first-order chi connectivity index (χ1) is 16.5. The van der Waals surface area contributed by atoms with E-state index in [-0.39, 0.29) is 5.56 Å². The first kappa shape index (κ1) is 21.9. The maximum atomic E-state index is 13.0. The zero-order valence-corrected chi connectivity index (χ0v) is 19.5. The SMILES string of the molecule is COOc1cc2nn(Oc3ccc(-c4c5n(n(C)c4=O)CCCC5)cc3OC)cc2cc1OC. The number of methoxy groups -OCH3 is 2. The molecule has 0 amide bonds. The smallest absolute Gasteiger partial charge is 0.274 e. The molecule has 5 rings (SSSR count). The Kier molecular flexibility index (Phi) is 5.66. The average Bonchev–Trinajstić information content (AvgIpc) is 3.36. The van der Waals surface area contributed by atoms with Crippen LogP contribution in [0.3, 0.4) is 0 Å². The summed E-state index contributed by atoms with van der Waals surface area (Å²) in [5, 5.41) is 5.24. The highest BCUT2D eigenvalue weighted by Crippen LogP contribution is 2.35. The second kappa shape index (κ2) is 8.79. The summed E-state index contributed by atoms with van der Waals surface area (Å²) < 4.78 is 14.7. The van der Waals surface area contributed by atoms with E-state index < -0.39 is 0 Å². The molecule has 1 aliphatic heterocycles. The van der Waals surface area contributed by atoms with Gasteiger partial charge >= 0.3 is 0 Å². The highest BCUT2D eigenvalue weighted by molar-refractivity contribution is 5.82. The second-order valence-corrected chi connectivity index (χ2v) is 8.03. The summed E-state index contributed by atoms with van der Waals surface area (Å²) in [5.74, 6) is 1.87. The molecule has 2 aromatic carbocycles. The van der Waals surface area contributed by atoms with E-state index in [2.05, 4.69) is 9.78 Å². The first-order valence-corrected chi connectivity index (χ1v) is 11.0. The van der Waals surface area contributed by atoms with Crippen LogP contribution in [0.4, 0.5) is 0 Å². The molecule has 0 bridgehead atoms. The van der Waals surface area contributed by atoms with Crippen LogP contribution in [0.2, 0.25) is 0 Å². The van der Waals surface area contributed by atoms with Crippen LogP contribution in [0.25, 0.3) is 22.0 Å². The van der Waals surface area contributed by atoms with Gasteiger partial charge in [-0.2, -0.15) is 4.89 Å². The molecule has 178 valence electrons. The Labute approximate surface area is 195 Å². The van der Waals surface area contributed by atoms with Gasteiger partial charge in [0.25, 0.3) is 5.56 Å². The normalized spacial score (nSPS) is 13.1. The van der Waals surface area contributed by atoms with Gasteiger partial charge in [-0.3, -0.25) is 14.2 Å². The zero-order valence-electron chi connectivity index (χ0n) is 19.5. The van der Waals surface area contributed by atoms with E-state index in [0.29, 0.717) is 28.5 Å². The standard InChI is InChI=1S/C24H26N4O6/c1-26-24(29)23(18-7-5-6-10-27(18)26)15-8-9-19(20(11-15)30-2)33-28-14-16-12-21(31-3)22(34-32-4)13-17(16)25-28/h8-9,11-14H,5-7,10H2,1-4H3. The molecule has 0 saturated carbocycles. The van der Waals surface area contributed by atoms with Crippen LogP contribution in [0.5, 0.6) is 23.0 Å². The van der Waals surface area contributed by atoms with Crippen LogP contribution in [0.15, 0.2) is 41.3 Å². The number of fused-ring (bicyclic) bond motifs is 2. The van der Waals surface area contributed by atoms with E-state index >= 15 is 0 Å². The molecule has 0 fully saturated rings. The third-order valence-electron chi connectivity index (χ3n) is 6.09. The Balaban J connectivity index is 1.49. The molecule has 34 heavy (non-hydrogen) atoms. The first-order valence-electron chi connectivity index (χ1n) is 11.0. The zero-order chi connectivity index (χ0) is 23.8. The number of ether oxygens (including phenoxy) is 2. The Morgan fingerprint density at radius 2 is 1.74 bits per heavy atom. The van der Waals surface area contributed by atoms with Crippen LogP contribution in [0.1, 0.15) is 18.5 Å². The van der Waals surface area contributed by atoms with Gasteiger partial charge < -0.3 is 19.2 Å². The minimum absolute atomic E-state index is 0.00558. The molecule has 0 unspecified atom stereocenters. The predicted molar refractivity (Wildman–Crippen MR) is 125 cm³/mol. The summed E-state index contributed by atoms with van der Waals surface area (Å²) in [4.78, 5) is 30.2. The lowest BCUT2D eigenvalue weighted by Crippen LogP contribution is -2.21. The number of nitrogens with zero attached hydrogens (tertiary/aromatic N) is 4. The lowest BCUT2D eigenvalue weighted by Gasteiger charge is -2.17. The second-order valence-electron chi connectivity index (χ2n) is 8.03. The van der Waals surface area contributed by atoms with Gasteiger partial charge in [0.1, 0.15) is 5.52 Å². The van der Waals surface area contributed by atoms with Gasteiger partial charge in [-0.15, -0.1) is 5.10 Å². The van der Waals surface area contributed by atoms with Gasteiger partial charge in [0.05, 0.1) is 33.1 Å². The van der Waals surface area contributed by atoms with Crippen molar-refractivity contribution in [1.29, 1.82) is 0 Å². The molecule has 0 N–H and O–H groups in total. The topological polar surface area (TPSA) is 90.9 Å². The molecule has 2 aromatic heterocycles. The number of benzene rings is 2. The predicted octanol–water partition coefficient (Wildman–Crippen LogP) is 3.34. The largest absolute Gasteiger partial charge is 0.493 e. The van der Waals surface area contributed by atoms with Crippen molar-refractivity contribution in [3.63, 3.8) is 0 Å². The molecular weight excluding hydrogens is 440 g/mol. The van der Waals surface area contributed by atoms with Crippen molar-refractivity contribution in [1.82, 2.24) is 19.3 Å². The van der Waals surface area contributed by atoms with Crippen molar-refractivity contribution in [3.05, 3.63) is 52.6 Å².